The first-order valence-electron chi connectivity index (χ1n) is 6.90. The van der Waals surface area contributed by atoms with Crippen LogP contribution < -0.4 is 4.74 Å². The van der Waals surface area contributed by atoms with Crippen molar-refractivity contribution in [3.05, 3.63) is 29.8 Å². The van der Waals surface area contributed by atoms with E-state index in [0.29, 0.717) is 17.5 Å². The minimum atomic E-state index is -0.176. The van der Waals surface area contributed by atoms with Crippen molar-refractivity contribution < 1.29 is 9.53 Å². The van der Waals surface area contributed by atoms with Crippen molar-refractivity contribution in [3.63, 3.8) is 0 Å². The van der Waals surface area contributed by atoms with E-state index in [-0.39, 0.29) is 10.6 Å². The van der Waals surface area contributed by atoms with Crippen LogP contribution in [0.2, 0.25) is 0 Å². The van der Waals surface area contributed by atoms with Crippen molar-refractivity contribution in [2.45, 2.75) is 17.7 Å². The predicted octanol–water partition coefficient (Wildman–Crippen LogP) is 3.50. The third kappa shape index (κ3) is 4.57. The summed E-state index contributed by atoms with van der Waals surface area (Å²) in [5, 5.41) is 0.611. The number of ketones is 1. The number of carbonyl (C=O) groups is 1. The molecular weight excluding hydrogens is 386 g/mol. The molecule has 0 aromatic heterocycles. The van der Waals surface area contributed by atoms with Crippen LogP contribution in [-0.4, -0.2) is 47.1 Å². The molecule has 5 heteroatoms. The Morgan fingerprint density at radius 3 is 2.50 bits per heavy atom. The van der Waals surface area contributed by atoms with Gasteiger partial charge in [-0.15, -0.1) is 0 Å². The molecule has 1 aliphatic rings. The van der Waals surface area contributed by atoms with Crippen LogP contribution >= 0.6 is 31.9 Å². The number of halogens is 2. The van der Waals surface area contributed by atoms with Gasteiger partial charge in [0.1, 0.15) is 12.4 Å². The zero-order valence-corrected chi connectivity index (χ0v) is 14.5. The molecule has 1 heterocycles. The van der Waals surface area contributed by atoms with E-state index in [1.54, 1.807) is 0 Å². The molecule has 3 nitrogen and oxygen atoms in total. The highest BCUT2D eigenvalue weighted by molar-refractivity contribution is 9.12. The molecule has 0 saturated carbocycles. The van der Waals surface area contributed by atoms with E-state index < -0.39 is 0 Å². The fourth-order valence-corrected chi connectivity index (χ4v) is 2.82. The monoisotopic (exact) mass is 403 g/mol. The predicted molar refractivity (Wildman–Crippen MR) is 88.5 cm³/mol. The van der Waals surface area contributed by atoms with Crippen LogP contribution in [0.4, 0.5) is 0 Å². The zero-order chi connectivity index (χ0) is 14.4. The average Bonchev–Trinajstić information content (AvgIpc) is 2.99. The molecule has 1 unspecified atom stereocenters. The van der Waals surface area contributed by atoms with E-state index in [2.05, 4.69) is 36.8 Å². The van der Waals surface area contributed by atoms with Gasteiger partial charge in [0.25, 0.3) is 0 Å². The van der Waals surface area contributed by atoms with E-state index in [0.717, 1.165) is 12.3 Å². The Hall–Kier alpha value is -0.390. The van der Waals surface area contributed by atoms with Crippen LogP contribution in [0.1, 0.15) is 23.2 Å². The number of nitrogens with zero attached hydrogens (tertiary/aromatic N) is 1. The van der Waals surface area contributed by atoms with E-state index >= 15 is 0 Å². The van der Waals surface area contributed by atoms with Crippen LogP contribution in [0.5, 0.6) is 5.75 Å². The van der Waals surface area contributed by atoms with Crippen molar-refractivity contribution in [1.29, 1.82) is 0 Å². The van der Waals surface area contributed by atoms with Crippen LogP contribution in [0, 0.1) is 0 Å². The SMILES string of the molecule is O=C(c1ccc(OCCN2CCCC2)cc1)C(Br)CBr. The van der Waals surface area contributed by atoms with Gasteiger partial charge in [0, 0.05) is 17.4 Å². The highest BCUT2D eigenvalue weighted by Gasteiger charge is 2.15. The van der Waals surface area contributed by atoms with Gasteiger partial charge in [-0.05, 0) is 50.2 Å². The van der Waals surface area contributed by atoms with Crippen LogP contribution in [0.3, 0.4) is 0 Å². The number of likely N-dealkylation sites (tertiary alicyclic amines) is 1. The highest BCUT2D eigenvalue weighted by atomic mass is 79.9. The minimum absolute atomic E-state index is 0.0884. The molecule has 0 bridgehead atoms. The number of hydrogen-bond donors (Lipinski definition) is 0. The third-order valence-electron chi connectivity index (χ3n) is 3.43. The van der Waals surface area contributed by atoms with E-state index in [9.17, 15) is 4.79 Å². The normalized spacial score (nSPS) is 17.1. The fraction of sp³-hybridized carbons (Fsp3) is 0.533. The molecule has 0 N–H and O–H groups in total. The lowest BCUT2D eigenvalue weighted by atomic mass is 10.1. The number of ether oxygens (including phenoxy) is 1. The second-order valence-electron chi connectivity index (χ2n) is 4.91. The minimum Gasteiger partial charge on any atom is -0.492 e. The van der Waals surface area contributed by atoms with Gasteiger partial charge in [-0.3, -0.25) is 9.69 Å². The molecule has 110 valence electrons. The standard InChI is InChI=1S/C15H19Br2NO2/c16-11-14(17)15(19)12-3-5-13(6-4-12)20-10-9-18-7-1-2-8-18/h3-6,14H,1-2,7-11H2. The van der Waals surface area contributed by atoms with E-state index in [1.165, 1.54) is 25.9 Å². The van der Waals surface area contributed by atoms with Crippen LogP contribution in [0.15, 0.2) is 24.3 Å². The molecule has 0 radical (unpaired) electrons. The van der Waals surface area contributed by atoms with Crippen LogP contribution in [0.25, 0.3) is 0 Å². The summed E-state index contributed by atoms with van der Waals surface area (Å²) in [7, 11) is 0. The second-order valence-corrected chi connectivity index (χ2v) is 6.66. The lowest BCUT2D eigenvalue weighted by molar-refractivity contribution is 0.0997. The molecule has 1 aromatic rings. The Balaban J connectivity index is 1.80. The molecule has 1 aromatic carbocycles. The van der Waals surface area contributed by atoms with E-state index in [4.69, 9.17) is 4.74 Å². The van der Waals surface area contributed by atoms with Gasteiger partial charge < -0.3 is 4.74 Å². The molecule has 1 saturated heterocycles. The maximum Gasteiger partial charge on any atom is 0.177 e. The quantitative estimate of drug-likeness (QED) is 0.514. The summed E-state index contributed by atoms with van der Waals surface area (Å²) < 4.78 is 5.72. The number of rotatable bonds is 7. The summed E-state index contributed by atoms with van der Waals surface area (Å²) in [5.41, 5.74) is 0.707. The van der Waals surface area contributed by atoms with Gasteiger partial charge >= 0.3 is 0 Å². The molecule has 1 atom stereocenters. The molecule has 1 fully saturated rings. The zero-order valence-electron chi connectivity index (χ0n) is 11.4. The molecule has 1 aliphatic heterocycles. The lowest BCUT2D eigenvalue weighted by Gasteiger charge is -2.15. The Bertz CT molecular complexity index is 430. The summed E-state index contributed by atoms with van der Waals surface area (Å²) in [5.74, 6) is 0.913. The summed E-state index contributed by atoms with van der Waals surface area (Å²) in [4.78, 5) is 14.2. The molecule has 0 spiro atoms. The number of Topliss-reactive ketones (excluding diaryl/α,β-unsaturated/α-hetero) is 1. The summed E-state index contributed by atoms with van der Waals surface area (Å²) >= 11 is 6.64. The van der Waals surface area contributed by atoms with E-state index in [1.807, 2.05) is 24.3 Å². The molecule has 0 aliphatic carbocycles. The topological polar surface area (TPSA) is 29.5 Å². The van der Waals surface area contributed by atoms with Gasteiger partial charge in [-0.25, -0.2) is 0 Å². The molecular formula is C15H19Br2NO2. The van der Waals surface area contributed by atoms with Gasteiger partial charge in [0.15, 0.2) is 5.78 Å². The van der Waals surface area contributed by atoms with Crippen LogP contribution in [-0.2, 0) is 0 Å². The first-order chi connectivity index (χ1) is 9.70. The maximum atomic E-state index is 12.0. The Morgan fingerprint density at radius 2 is 1.90 bits per heavy atom. The van der Waals surface area contributed by atoms with Crippen molar-refractivity contribution in [2.24, 2.45) is 0 Å². The highest BCUT2D eigenvalue weighted by Crippen LogP contribution is 2.17. The lowest BCUT2D eigenvalue weighted by Crippen LogP contribution is -2.25. The van der Waals surface area contributed by atoms with Crippen molar-refractivity contribution in [2.75, 3.05) is 31.6 Å². The van der Waals surface area contributed by atoms with Crippen molar-refractivity contribution in [1.82, 2.24) is 4.90 Å². The smallest absolute Gasteiger partial charge is 0.177 e. The average molecular weight is 405 g/mol. The number of benzene rings is 1. The van der Waals surface area contributed by atoms with Gasteiger partial charge in [0.2, 0.25) is 0 Å². The van der Waals surface area contributed by atoms with Crippen molar-refractivity contribution >= 4 is 37.6 Å². The largest absolute Gasteiger partial charge is 0.492 e. The molecule has 20 heavy (non-hydrogen) atoms. The number of alkyl halides is 2. The van der Waals surface area contributed by atoms with Gasteiger partial charge in [-0.2, -0.15) is 0 Å². The fourth-order valence-electron chi connectivity index (χ4n) is 2.27. The maximum absolute atomic E-state index is 12.0. The van der Waals surface area contributed by atoms with Gasteiger partial charge in [-0.1, -0.05) is 31.9 Å². The Labute approximate surface area is 136 Å². The van der Waals surface area contributed by atoms with Crippen molar-refractivity contribution in [3.8, 4) is 5.75 Å². The summed E-state index contributed by atoms with van der Waals surface area (Å²) in [6.07, 6.45) is 2.61. The molecule has 2 rings (SSSR count). The third-order valence-corrected chi connectivity index (χ3v) is 5.69. The molecule has 0 amide bonds. The first-order valence-corrected chi connectivity index (χ1v) is 8.94. The summed E-state index contributed by atoms with van der Waals surface area (Å²) in [6.45, 7) is 4.06. The number of carbonyl (C=O) groups excluding carboxylic acids is 1. The number of hydrogen-bond acceptors (Lipinski definition) is 3. The Morgan fingerprint density at radius 1 is 1.25 bits per heavy atom. The first kappa shape index (κ1) is 16.0. The Kier molecular flexibility index (Phi) is 6.52. The summed E-state index contributed by atoms with van der Waals surface area (Å²) in [6, 6.07) is 7.38. The van der Waals surface area contributed by atoms with Gasteiger partial charge in [0.05, 0.1) is 4.83 Å². The second kappa shape index (κ2) is 8.15.